The molecule has 0 spiro atoms. The normalized spacial score (nSPS) is 10.1. The number of ether oxygens (including phenoxy) is 2. The summed E-state index contributed by atoms with van der Waals surface area (Å²) < 4.78 is 10.5. The van der Waals surface area contributed by atoms with Crippen molar-refractivity contribution in [1.82, 2.24) is 5.01 Å². The number of hydrogen-bond acceptors (Lipinski definition) is 4. The second kappa shape index (κ2) is 7.63. The van der Waals surface area contributed by atoms with Crippen LogP contribution in [0.1, 0.15) is 24.8 Å². The van der Waals surface area contributed by atoms with Crippen LogP contribution in [0.4, 0.5) is 0 Å². The Labute approximate surface area is 114 Å². The highest BCUT2D eigenvalue weighted by Gasteiger charge is 2.07. The smallest absolute Gasteiger partial charge is 0.236 e. The number of nitrogens with two attached hydrogens (primary N) is 1. The number of carbonyl (C=O) groups excluding carboxylic acids is 1. The fourth-order valence-electron chi connectivity index (χ4n) is 1.85. The van der Waals surface area contributed by atoms with Gasteiger partial charge in [-0.25, -0.2) is 5.84 Å². The third kappa shape index (κ3) is 4.79. The summed E-state index contributed by atoms with van der Waals surface area (Å²) in [5, 5.41) is 1.13. The van der Waals surface area contributed by atoms with E-state index in [1.54, 1.807) is 21.3 Å². The average molecular weight is 266 g/mol. The molecule has 5 nitrogen and oxygen atoms in total. The van der Waals surface area contributed by atoms with E-state index in [4.69, 9.17) is 15.3 Å². The second-order valence-corrected chi connectivity index (χ2v) is 4.39. The highest BCUT2D eigenvalue weighted by molar-refractivity contribution is 5.75. The Morgan fingerprint density at radius 1 is 1.26 bits per heavy atom. The van der Waals surface area contributed by atoms with E-state index in [-0.39, 0.29) is 5.91 Å². The van der Waals surface area contributed by atoms with Gasteiger partial charge in [-0.15, -0.1) is 0 Å². The number of benzene rings is 1. The minimum absolute atomic E-state index is 0.0439. The van der Waals surface area contributed by atoms with Crippen molar-refractivity contribution in [2.75, 3.05) is 21.3 Å². The van der Waals surface area contributed by atoms with Crippen LogP contribution in [0.2, 0.25) is 0 Å². The van der Waals surface area contributed by atoms with Gasteiger partial charge >= 0.3 is 0 Å². The van der Waals surface area contributed by atoms with E-state index >= 15 is 0 Å². The summed E-state index contributed by atoms with van der Waals surface area (Å²) in [4.78, 5) is 11.3. The summed E-state index contributed by atoms with van der Waals surface area (Å²) in [6.07, 6.45) is 3.03. The SMILES string of the molecule is COc1ccc(OC)c(CCCCC(=O)N(C)N)c1. The van der Waals surface area contributed by atoms with E-state index in [0.29, 0.717) is 6.42 Å². The number of hydrogen-bond donors (Lipinski definition) is 1. The topological polar surface area (TPSA) is 64.8 Å². The molecule has 5 heteroatoms. The standard InChI is InChI=1S/C14H22N2O3/c1-16(15)14(17)7-5-4-6-11-10-12(18-2)8-9-13(11)19-3/h8-10H,4-7,15H2,1-3H3. The first-order valence-corrected chi connectivity index (χ1v) is 6.30. The number of amides is 1. The molecule has 0 heterocycles. The maximum Gasteiger partial charge on any atom is 0.236 e. The zero-order valence-corrected chi connectivity index (χ0v) is 11.8. The Kier molecular flexibility index (Phi) is 6.15. The van der Waals surface area contributed by atoms with Crippen molar-refractivity contribution in [2.45, 2.75) is 25.7 Å². The first kappa shape index (κ1) is 15.3. The van der Waals surface area contributed by atoms with E-state index in [2.05, 4.69) is 0 Å². The first-order chi connectivity index (χ1) is 9.08. The van der Waals surface area contributed by atoms with Crippen LogP contribution in [0.15, 0.2) is 18.2 Å². The van der Waals surface area contributed by atoms with Crippen molar-refractivity contribution in [3.63, 3.8) is 0 Å². The fourth-order valence-corrected chi connectivity index (χ4v) is 1.85. The van der Waals surface area contributed by atoms with Gasteiger partial charge in [-0.05, 0) is 43.0 Å². The number of unbranched alkanes of at least 4 members (excludes halogenated alkanes) is 1. The Balaban J connectivity index is 2.50. The van der Waals surface area contributed by atoms with Gasteiger partial charge in [0.2, 0.25) is 5.91 Å². The maximum atomic E-state index is 11.3. The summed E-state index contributed by atoms with van der Waals surface area (Å²) in [5.74, 6) is 6.98. The molecule has 1 rings (SSSR count). The number of methoxy groups -OCH3 is 2. The Bertz CT molecular complexity index is 419. The molecule has 0 radical (unpaired) electrons. The lowest BCUT2D eigenvalue weighted by molar-refractivity contribution is -0.130. The predicted molar refractivity (Wildman–Crippen MR) is 74.1 cm³/mol. The van der Waals surface area contributed by atoms with Crippen LogP contribution in [0.5, 0.6) is 11.5 Å². The molecule has 1 aromatic rings. The third-order valence-electron chi connectivity index (χ3n) is 2.97. The van der Waals surface area contributed by atoms with Crippen LogP contribution in [0.25, 0.3) is 0 Å². The predicted octanol–water partition coefficient (Wildman–Crippen LogP) is 1.75. The van der Waals surface area contributed by atoms with E-state index in [9.17, 15) is 4.79 Å². The number of carbonyl (C=O) groups is 1. The van der Waals surface area contributed by atoms with Crippen LogP contribution in [0.3, 0.4) is 0 Å². The molecule has 0 atom stereocenters. The quantitative estimate of drug-likeness (QED) is 0.353. The van der Waals surface area contributed by atoms with Crippen molar-refractivity contribution in [2.24, 2.45) is 5.84 Å². The number of hydrazine groups is 1. The van der Waals surface area contributed by atoms with Gasteiger partial charge in [0.05, 0.1) is 14.2 Å². The van der Waals surface area contributed by atoms with Crippen LogP contribution in [-0.2, 0) is 11.2 Å². The van der Waals surface area contributed by atoms with E-state index in [0.717, 1.165) is 41.3 Å². The summed E-state index contributed by atoms with van der Waals surface area (Å²) in [6.45, 7) is 0. The fraction of sp³-hybridized carbons (Fsp3) is 0.500. The van der Waals surface area contributed by atoms with Gasteiger partial charge in [0.1, 0.15) is 11.5 Å². The molecule has 0 bridgehead atoms. The summed E-state index contributed by atoms with van der Waals surface area (Å²) in [5.41, 5.74) is 1.09. The Morgan fingerprint density at radius 2 is 2.00 bits per heavy atom. The van der Waals surface area contributed by atoms with Gasteiger partial charge in [0.25, 0.3) is 0 Å². The highest BCUT2D eigenvalue weighted by Crippen LogP contribution is 2.25. The van der Waals surface area contributed by atoms with E-state index < -0.39 is 0 Å². The molecule has 0 saturated heterocycles. The van der Waals surface area contributed by atoms with Crippen molar-refractivity contribution in [1.29, 1.82) is 0 Å². The lowest BCUT2D eigenvalue weighted by Crippen LogP contribution is -2.32. The number of nitrogens with zero attached hydrogens (tertiary/aromatic N) is 1. The molecule has 0 saturated carbocycles. The minimum Gasteiger partial charge on any atom is -0.497 e. The third-order valence-corrected chi connectivity index (χ3v) is 2.97. The molecule has 1 aromatic carbocycles. The van der Waals surface area contributed by atoms with E-state index in [1.807, 2.05) is 18.2 Å². The molecule has 0 unspecified atom stereocenters. The van der Waals surface area contributed by atoms with Crippen molar-refractivity contribution in [3.05, 3.63) is 23.8 Å². The maximum absolute atomic E-state index is 11.3. The van der Waals surface area contributed by atoms with Gasteiger partial charge in [-0.1, -0.05) is 0 Å². The second-order valence-electron chi connectivity index (χ2n) is 4.39. The van der Waals surface area contributed by atoms with E-state index in [1.165, 1.54) is 0 Å². The zero-order chi connectivity index (χ0) is 14.3. The monoisotopic (exact) mass is 266 g/mol. The molecule has 0 fully saturated rings. The highest BCUT2D eigenvalue weighted by atomic mass is 16.5. The molecular weight excluding hydrogens is 244 g/mol. The van der Waals surface area contributed by atoms with Crippen LogP contribution in [-0.4, -0.2) is 32.2 Å². The number of aryl methyl sites for hydroxylation is 1. The lowest BCUT2D eigenvalue weighted by atomic mass is 10.1. The summed E-state index contributed by atoms with van der Waals surface area (Å²) in [6, 6.07) is 5.73. The molecule has 1 amide bonds. The minimum atomic E-state index is -0.0439. The lowest BCUT2D eigenvalue weighted by Gasteiger charge is -2.11. The van der Waals surface area contributed by atoms with Gasteiger partial charge in [0, 0.05) is 13.5 Å². The van der Waals surface area contributed by atoms with Crippen LogP contribution >= 0.6 is 0 Å². The molecule has 0 aliphatic rings. The van der Waals surface area contributed by atoms with Gasteiger partial charge in [-0.2, -0.15) is 0 Å². The number of rotatable bonds is 7. The molecule has 0 aliphatic heterocycles. The van der Waals surface area contributed by atoms with Gasteiger partial charge < -0.3 is 9.47 Å². The zero-order valence-electron chi connectivity index (χ0n) is 11.8. The molecular formula is C14H22N2O3. The largest absolute Gasteiger partial charge is 0.497 e. The molecule has 2 N–H and O–H groups in total. The van der Waals surface area contributed by atoms with Crippen LogP contribution < -0.4 is 15.3 Å². The Hall–Kier alpha value is -1.75. The van der Waals surface area contributed by atoms with Crippen LogP contribution in [0, 0.1) is 0 Å². The molecule has 106 valence electrons. The van der Waals surface area contributed by atoms with Gasteiger partial charge in [-0.3, -0.25) is 9.80 Å². The Morgan fingerprint density at radius 3 is 2.58 bits per heavy atom. The van der Waals surface area contributed by atoms with Crippen molar-refractivity contribution in [3.8, 4) is 11.5 Å². The molecule has 0 aromatic heterocycles. The van der Waals surface area contributed by atoms with Gasteiger partial charge in [0.15, 0.2) is 0 Å². The average Bonchev–Trinajstić information content (AvgIpc) is 2.42. The van der Waals surface area contributed by atoms with Crippen molar-refractivity contribution < 1.29 is 14.3 Å². The van der Waals surface area contributed by atoms with Crippen molar-refractivity contribution >= 4 is 5.91 Å². The first-order valence-electron chi connectivity index (χ1n) is 6.30. The summed E-state index contributed by atoms with van der Waals surface area (Å²) in [7, 11) is 4.85. The summed E-state index contributed by atoms with van der Waals surface area (Å²) >= 11 is 0. The molecule has 0 aliphatic carbocycles. The molecule has 19 heavy (non-hydrogen) atoms.